The van der Waals surface area contributed by atoms with Gasteiger partial charge in [0, 0.05) is 18.1 Å². The number of unbranched alkanes of at least 4 members (excludes halogenated alkanes) is 22. The average Bonchev–Trinajstić information content (AvgIpc) is 2.85. The van der Waals surface area contributed by atoms with Crippen molar-refractivity contribution in [3.63, 3.8) is 0 Å². The van der Waals surface area contributed by atoms with Gasteiger partial charge in [-0.1, -0.05) is 149 Å². The lowest BCUT2D eigenvalue weighted by atomic mass is 10.0. The fraction of sp³-hybridized carbons (Fsp3) is 0.848. The van der Waals surface area contributed by atoms with Crippen LogP contribution in [0.4, 0.5) is 0 Å². The minimum absolute atomic E-state index is 1.20. The first-order valence-electron chi connectivity index (χ1n) is 15.8. The van der Waals surface area contributed by atoms with Gasteiger partial charge >= 0.3 is 0 Å². The molecule has 0 radical (unpaired) electrons. The highest BCUT2D eigenvalue weighted by Gasteiger charge is 2.03. The molecule has 0 saturated carbocycles. The zero-order valence-corrected chi connectivity index (χ0v) is 23.6. The van der Waals surface area contributed by atoms with Crippen LogP contribution in [-0.4, -0.2) is 0 Å². The highest BCUT2D eigenvalue weighted by atomic mass is 14.9. The first-order valence-corrected chi connectivity index (χ1v) is 15.8. The van der Waals surface area contributed by atoms with Gasteiger partial charge in [-0.15, -0.1) is 0 Å². The normalized spacial score (nSPS) is 11.4. The summed E-state index contributed by atoms with van der Waals surface area (Å²) in [6.07, 6.45) is 40.3. The van der Waals surface area contributed by atoms with E-state index >= 15 is 0 Å². The van der Waals surface area contributed by atoms with Crippen molar-refractivity contribution in [2.75, 3.05) is 0 Å². The summed E-state index contributed by atoms with van der Waals surface area (Å²) >= 11 is 0. The van der Waals surface area contributed by atoms with Gasteiger partial charge in [0.15, 0.2) is 12.4 Å². The van der Waals surface area contributed by atoms with Gasteiger partial charge in [-0.05, 0) is 25.3 Å². The zero-order chi connectivity index (χ0) is 24.4. The lowest BCUT2D eigenvalue weighted by Gasteiger charge is -2.04. The molecule has 0 saturated heterocycles. The van der Waals surface area contributed by atoms with Crippen LogP contribution in [0.25, 0.3) is 0 Å². The van der Waals surface area contributed by atoms with E-state index in [4.69, 9.17) is 0 Å². The lowest BCUT2D eigenvalue weighted by molar-refractivity contribution is -0.697. The van der Waals surface area contributed by atoms with E-state index in [1.54, 1.807) is 0 Å². The second-order valence-corrected chi connectivity index (χ2v) is 11.0. The van der Waals surface area contributed by atoms with E-state index in [1.807, 2.05) is 0 Å². The molecule has 1 heteroatoms. The Bertz CT molecular complexity index is 523. The summed E-state index contributed by atoms with van der Waals surface area (Å²) < 4.78 is 2.43. The van der Waals surface area contributed by atoms with Crippen molar-refractivity contribution in [3.05, 3.63) is 30.1 Å². The summed E-state index contributed by atoms with van der Waals surface area (Å²) in [6.45, 7) is 5.80. The van der Waals surface area contributed by atoms with Crippen molar-refractivity contribution < 1.29 is 4.57 Å². The first kappa shape index (κ1) is 31.2. The van der Waals surface area contributed by atoms with Crippen molar-refractivity contribution >= 4 is 0 Å². The molecule has 0 N–H and O–H groups in total. The van der Waals surface area contributed by atoms with Crippen LogP contribution in [0.1, 0.15) is 174 Å². The number of aryl methyl sites for hydroxylation is 2. The van der Waals surface area contributed by atoms with Crippen LogP contribution in [0.2, 0.25) is 0 Å². The Morgan fingerprint density at radius 3 is 1.29 bits per heavy atom. The maximum Gasteiger partial charge on any atom is 0.171 e. The number of aromatic nitrogens is 1. The van der Waals surface area contributed by atoms with Gasteiger partial charge in [-0.25, -0.2) is 4.57 Å². The summed E-state index contributed by atoms with van der Waals surface area (Å²) in [4.78, 5) is 0. The van der Waals surface area contributed by atoms with Gasteiger partial charge in [0.05, 0.1) is 0 Å². The Kier molecular flexibility index (Phi) is 23.2. The van der Waals surface area contributed by atoms with Gasteiger partial charge in [0.2, 0.25) is 0 Å². The molecule has 1 rings (SSSR count). The molecule has 198 valence electrons. The third kappa shape index (κ3) is 20.5. The van der Waals surface area contributed by atoms with Crippen molar-refractivity contribution in [2.45, 2.75) is 181 Å². The van der Waals surface area contributed by atoms with Gasteiger partial charge in [0.25, 0.3) is 0 Å². The van der Waals surface area contributed by atoms with Crippen molar-refractivity contribution in [3.8, 4) is 0 Å². The summed E-state index contributed by atoms with van der Waals surface area (Å²) in [6, 6.07) is 4.58. The Labute approximate surface area is 215 Å². The topological polar surface area (TPSA) is 3.88 Å². The summed E-state index contributed by atoms with van der Waals surface area (Å²) in [5.41, 5.74) is 1.53. The molecular weight excluding hydrogens is 410 g/mol. The van der Waals surface area contributed by atoms with E-state index in [0.717, 1.165) is 0 Å². The molecule has 0 unspecified atom stereocenters. The third-order valence-corrected chi connectivity index (χ3v) is 7.51. The predicted molar refractivity (Wildman–Crippen MR) is 152 cm³/mol. The van der Waals surface area contributed by atoms with Gasteiger partial charge in [-0.2, -0.15) is 0 Å². The molecule has 0 spiro atoms. The van der Waals surface area contributed by atoms with Crippen LogP contribution >= 0.6 is 0 Å². The quantitative estimate of drug-likeness (QED) is 0.0932. The molecule has 0 fully saturated rings. The second kappa shape index (κ2) is 25.2. The highest BCUT2D eigenvalue weighted by Crippen LogP contribution is 2.14. The molecule has 0 aliphatic rings. The Morgan fingerprint density at radius 2 is 0.853 bits per heavy atom. The number of nitrogens with zero attached hydrogens (tertiary/aromatic N) is 1. The summed E-state index contributed by atoms with van der Waals surface area (Å²) in [5, 5.41) is 0. The monoisotopic (exact) mass is 472 g/mol. The molecule has 0 aliphatic heterocycles. The minimum atomic E-state index is 1.20. The number of rotatable bonds is 26. The maximum absolute atomic E-state index is 2.43. The fourth-order valence-corrected chi connectivity index (χ4v) is 5.17. The van der Waals surface area contributed by atoms with Crippen molar-refractivity contribution in [1.82, 2.24) is 0 Å². The van der Waals surface area contributed by atoms with Gasteiger partial charge < -0.3 is 0 Å². The van der Waals surface area contributed by atoms with Crippen LogP contribution in [0.3, 0.4) is 0 Å². The zero-order valence-electron chi connectivity index (χ0n) is 23.6. The fourth-order valence-electron chi connectivity index (χ4n) is 5.17. The molecule has 0 amide bonds. The average molecular weight is 473 g/mol. The van der Waals surface area contributed by atoms with E-state index in [0.29, 0.717) is 0 Å². The number of hydrogen-bond acceptors (Lipinski definition) is 0. The second-order valence-electron chi connectivity index (χ2n) is 11.0. The molecule has 0 atom stereocenters. The smallest absolute Gasteiger partial charge is 0.171 e. The molecule has 0 aliphatic carbocycles. The molecule has 0 bridgehead atoms. The molecule has 1 heterocycles. The summed E-state index contributed by atoms with van der Waals surface area (Å²) in [7, 11) is 0. The highest BCUT2D eigenvalue weighted by molar-refractivity contribution is 5.05. The molecule has 1 aromatic heterocycles. The van der Waals surface area contributed by atoms with E-state index in [2.05, 4.69) is 42.9 Å². The van der Waals surface area contributed by atoms with Gasteiger partial charge in [-0.3, -0.25) is 0 Å². The van der Waals surface area contributed by atoms with Crippen LogP contribution in [-0.2, 0) is 13.0 Å². The van der Waals surface area contributed by atoms with Crippen LogP contribution in [0.15, 0.2) is 24.5 Å². The van der Waals surface area contributed by atoms with E-state index in [9.17, 15) is 0 Å². The molecule has 1 aromatic rings. The Morgan fingerprint density at radius 1 is 0.471 bits per heavy atom. The summed E-state index contributed by atoms with van der Waals surface area (Å²) in [5.74, 6) is 0. The standard InChI is InChI=1S/C33H62N/c1-3-5-7-9-11-12-13-14-15-16-17-18-19-20-22-24-26-30-34-31-27-29-33(32-34)28-25-23-21-10-8-6-4-2/h27,29,31-32H,3-26,28,30H2,1-2H3/q+1. The largest absolute Gasteiger partial charge is 0.205 e. The minimum Gasteiger partial charge on any atom is -0.205 e. The Hall–Kier alpha value is -0.850. The molecule has 0 aromatic carbocycles. The SMILES string of the molecule is CCCCCCCCCCCCCCCCCCC[n+]1cccc(CCCCCCCCC)c1. The molecule has 1 nitrogen and oxygen atoms in total. The number of hydrogen-bond donors (Lipinski definition) is 0. The molecule has 34 heavy (non-hydrogen) atoms. The van der Waals surface area contributed by atoms with Crippen molar-refractivity contribution in [2.24, 2.45) is 0 Å². The number of pyridine rings is 1. The van der Waals surface area contributed by atoms with Crippen LogP contribution < -0.4 is 4.57 Å². The molecular formula is C33H62N+. The van der Waals surface area contributed by atoms with E-state index in [1.165, 1.54) is 173 Å². The lowest BCUT2D eigenvalue weighted by Crippen LogP contribution is -2.33. The van der Waals surface area contributed by atoms with E-state index < -0.39 is 0 Å². The van der Waals surface area contributed by atoms with Gasteiger partial charge in [0.1, 0.15) is 6.54 Å². The van der Waals surface area contributed by atoms with Crippen molar-refractivity contribution in [1.29, 1.82) is 0 Å². The van der Waals surface area contributed by atoms with Crippen LogP contribution in [0.5, 0.6) is 0 Å². The van der Waals surface area contributed by atoms with E-state index in [-0.39, 0.29) is 0 Å². The Balaban J connectivity index is 1.86. The first-order chi connectivity index (χ1) is 16.9. The predicted octanol–water partition coefficient (Wildman–Crippen LogP) is 10.9. The van der Waals surface area contributed by atoms with Crippen LogP contribution in [0, 0.1) is 0 Å². The maximum atomic E-state index is 2.43. The third-order valence-electron chi connectivity index (χ3n) is 7.51.